The van der Waals surface area contributed by atoms with Crippen molar-refractivity contribution >= 4 is 17.2 Å². The SMILES string of the molecule is CCn1cnnc1CNC(=O)c1csc(CCN)n1. The lowest BCUT2D eigenvalue weighted by molar-refractivity contribution is 0.0945. The molecule has 8 heteroatoms. The molecule has 0 aliphatic carbocycles. The molecule has 3 N–H and O–H groups in total. The second-order valence-electron chi connectivity index (χ2n) is 3.88. The molecular formula is C11H16N6OS. The van der Waals surface area contributed by atoms with Gasteiger partial charge in [0.1, 0.15) is 12.0 Å². The Hall–Kier alpha value is -1.80. The number of rotatable bonds is 6. The van der Waals surface area contributed by atoms with E-state index < -0.39 is 0 Å². The van der Waals surface area contributed by atoms with Crippen LogP contribution in [-0.2, 0) is 19.5 Å². The molecule has 2 heterocycles. The van der Waals surface area contributed by atoms with E-state index in [1.54, 1.807) is 11.7 Å². The van der Waals surface area contributed by atoms with Gasteiger partial charge in [-0.05, 0) is 13.5 Å². The van der Waals surface area contributed by atoms with E-state index >= 15 is 0 Å². The third-order valence-corrected chi connectivity index (χ3v) is 3.49. The van der Waals surface area contributed by atoms with Crippen molar-refractivity contribution in [1.82, 2.24) is 25.1 Å². The highest BCUT2D eigenvalue weighted by Gasteiger charge is 2.11. The van der Waals surface area contributed by atoms with E-state index in [4.69, 9.17) is 5.73 Å². The minimum absolute atomic E-state index is 0.204. The van der Waals surface area contributed by atoms with Crippen molar-refractivity contribution < 1.29 is 4.79 Å². The van der Waals surface area contributed by atoms with Crippen molar-refractivity contribution in [2.45, 2.75) is 26.4 Å². The fourth-order valence-corrected chi connectivity index (χ4v) is 2.38. The molecular weight excluding hydrogens is 264 g/mol. The van der Waals surface area contributed by atoms with Crippen LogP contribution in [0.4, 0.5) is 0 Å². The Labute approximate surface area is 114 Å². The Bertz CT molecular complexity index is 549. The van der Waals surface area contributed by atoms with Gasteiger partial charge in [0.15, 0.2) is 5.82 Å². The Morgan fingerprint density at radius 3 is 3.16 bits per heavy atom. The first-order valence-corrected chi connectivity index (χ1v) is 6.92. The number of carbonyl (C=O) groups excluding carboxylic acids is 1. The number of nitrogens with one attached hydrogen (secondary N) is 1. The van der Waals surface area contributed by atoms with Gasteiger partial charge >= 0.3 is 0 Å². The number of thiazole rings is 1. The molecule has 2 aromatic rings. The fourth-order valence-electron chi connectivity index (χ4n) is 1.58. The summed E-state index contributed by atoms with van der Waals surface area (Å²) in [5.41, 5.74) is 5.88. The van der Waals surface area contributed by atoms with E-state index in [-0.39, 0.29) is 5.91 Å². The second kappa shape index (κ2) is 6.39. The third kappa shape index (κ3) is 3.36. The lowest BCUT2D eigenvalue weighted by Gasteiger charge is -2.04. The molecule has 0 spiro atoms. The molecule has 0 atom stereocenters. The van der Waals surface area contributed by atoms with Gasteiger partial charge in [0.05, 0.1) is 11.6 Å². The van der Waals surface area contributed by atoms with Crippen LogP contribution in [0.5, 0.6) is 0 Å². The molecule has 1 amide bonds. The number of nitrogens with zero attached hydrogens (tertiary/aromatic N) is 4. The van der Waals surface area contributed by atoms with E-state index in [1.165, 1.54) is 11.3 Å². The molecule has 0 bridgehead atoms. The first kappa shape index (κ1) is 13.6. The van der Waals surface area contributed by atoms with Crippen LogP contribution in [0.1, 0.15) is 28.2 Å². The summed E-state index contributed by atoms with van der Waals surface area (Å²) in [5.74, 6) is 0.526. The van der Waals surface area contributed by atoms with Gasteiger partial charge in [-0.3, -0.25) is 4.79 Å². The van der Waals surface area contributed by atoms with Crippen LogP contribution in [0.15, 0.2) is 11.7 Å². The van der Waals surface area contributed by atoms with E-state index in [9.17, 15) is 4.79 Å². The highest BCUT2D eigenvalue weighted by molar-refractivity contribution is 7.09. The number of carbonyl (C=O) groups is 1. The van der Waals surface area contributed by atoms with E-state index in [2.05, 4.69) is 20.5 Å². The molecule has 0 saturated heterocycles. The summed E-state index contributed by atoms with van der Waals surface area (Å²) < 4.78 is 1.88. The fraction of sp³-hybridized carbons (Fsp3) is 0.455. The summed E-state index contributed by atoms with van der Waals surface area (Å²) in [6.45, 7) is 3.65. The van der Waals surface area contributed by atoms with Gasteiger partial charge in [0.2, 0.25) is 0 Å². The van der Waals surface area contributed by atoms with Crippen molar-refractivity contribution in [3.05, 3.63) is 28.2 Å². The first-order chi connectivity index (χ1) is 9.24. The molecule has 0 aliphatic rings. The van der Waals surface area contributed by atoms with Crippen LogP contribution in [0, 0.1) is 0 Å². The number of amides is 1. The number of aryl methyl sites for hydroxylation is 1. The summed E-state index contributed by atoms with van der Waals surface area (Å²) in [4.78, 5) is 16.1. The van der Waals surface area contributed by atoms with Crippen molar-refractivity contribution in [1.29, 1.82) is 0 Å². The second-order valence-corrected chi connectivity index (χ2v) is 4.82. The van der Waals surface area contributed by atoms with Gasteiger partial charge in [-0.15, -0.1) is 21.5 Å². The van der Waals surface area contributed by atoms with Crippen LogP contribution in [-0.4, -0.2) is 32.2 Å². The van der Waals surface area contributed by atoms with Gasteiger partial charge in [-0.25, -0.2) is 4.98 Å². The summed E-state index contributed by atoms with van der Waals surface area (Å²) in [7, 11) is 0. The van der Waals surface area contributed by atoms with Gasteiger partial charge < -0.3 is 15.6 Å². The summed E-state index contributed by atoms with van der Waals surface area (Å²) >= 11 is 1.45. The van der Waals surface area contributed by atoms with Gasteiger partial charge in [-0.1, -0.05) is 0 Å². The van der Waals surface area contributed by atoms with Gasteiger partial charge in [0, 0.05) is 18.3 Å². The molecule has 0 radical (unpaired) electrons. The molecule has 0 aliphatic heterocycles. The number of aromatic nitrogens is 4. The van der Waals surface area contributed by atoms with E-state index in [0.29, 0.717) is 25.2 Å². The maximum Gasteiger partial charge on any atom is 0.271 e. The van der Waals surface area contributed by atoms with Crippen LogP contribution in [0.3, 0.4) is 0 Å². The van der Waals surface area contributed by atoms with Gasteiger partial charge in [0.25, 0.3) is 5.91 Å². The quantitative estimate of drug-likeness (QED) is 0.786. The molecule has 102 valence electrons. The van der Waals surface area contributed by atoms with E-state index in [0.717, 1.165) is 17.4 Å². The minimum atomic E-state index is -0.204. The lowest BCUT2D eigenvalue weighted by atomic mass is 10.4. The molecule has 0 aromatic carbocycles. The first-order valence-electron chi connectivity index (χ1n) is 6.04. The zero-order valence-corrected chi connectivity index (χ0v) is 11.5. The van der Waals surface area contributed by atoms with Crippen molar-refractivity contribution in [2.75, 3.05) is 6.54 Å². The average molecular weight is 280 g/mol. The van der Waals surface area contributed by atoms with Crippen molar-refractivity contribution in [2.24, 2.45) is 5.73 Å². The minimum Gasteiger partial charge on any atom is -0.343 e. The van der Waals surface area contributed by atoms with Crippen LogP contribution in [0.25, 0.3) is 0 Å². The van der Waals surface area contributed by atoms with Crippen LogP contribution in [0.2, 0.25) is 0 Å². The Kier molecular flexibility index (Phi) is 4.58. The molecule has 2 rings (SSSR count). The normalized spacial score (nSPS) is 10.6. The van der Waals surface area contributed by atoms with E-state index in [1.807, 2.05) is 11.5 Å². The van der Waals surface area contributed by atoms with Crippen LogP contribution >= 0.6 is 11.3 Å². The molecule has 0 saturated carbocycles. The predicted octanol–water partition coefficient (Wildman–Crippen LogP) is 0.186. The molecule has 19 heavy (non-hydrogen) atoms. The van der Waals surface area contributed by atoms with Crippen molar-refractivity contribution in [3.8, 4) is 0 Å². The maximum atomic E-state index is 11.9. The molecule has 7 nitrogen and oxygen atoms in total. The third-order valence-electron chi connectivity index (χ3n) is 2.59. The average Bonchev–Trinajstić information content (AvgIpc) is 3.04. The molecule has 2 aromatic heterocycles. The smallest absolute Gasteiger partial charge is 0.271 e. The maximum absolute atomic E-state index is 11.9. The van der Waals surface area contributed by atoms with Crippen molar-refractivity contribution in [3.63, 3.8) is 0 Å². The summed E-state index contributed by atoms with van der Waals surface area (Å²) in [6, 6.07) is 0. The highest BCUT2D eigenvalue weighted by atomic mass is 32.1. The topological polar surface area (TPSA) is 98.7 Å². The summed E-state index contributed by atoms with van der Waals surface area (Å²) in [5, 5.41) is 13.2. The zero-order chi connectivity index (χ0) is 13.7. The molecule has 0 unspecified atom stereocenters. The Morgan fingerprint density at radius 2 is 2.42 bits per heavy atom. The Balaban J connectivity index is 1.93. The Morgan fingerprint density at radius 1 is 1.58 bits per heavy atom. The largest absolute Gasteiger partial charge is 0.343 e. The standard InChI is InChI=1S/C11H16N6OS/c1-2-17-7-14-16-9(17)5-13-11(18)8-6-19-10(15-8)3-4-12/h6-7H,2-5,12H2,1H3,(H,13,18). The summed E-state index contributed by atoms with van der Waals surface area (Å²) in [6.07, 6.45) is 2.34. The molecule has 0 fully saturated rings. The highest BCUT2D eigenvalue weighted by Crippen LogP contribution is 2.10. The van der Waals surface area contributed by atoms with Crippen LogP contribution < -0.4 is 11.1 Å². The number of hydrogen-bond acceptors (Lipinski definition) is 6. The lowest BCUT2D eigenvalue weighted by Crippen LogP contribution is -2.25. The number of hydrogen-bond donors (Lipinski definition) is 2. The number of nitrogens with two attached hydrogens (primary N) is 1. The van der Waals surface area contributed by atoms with Gasteiger partial charge in [-0.2, -0.15) is 0 Å². The monoisotopic (exact) mass is 280 g/mol. The zero-order valence-electron chi connectivity index (χ0n) is 10.7. The predicted molar refractivity (Wildman–Crippen MR) is 71.7 cm³/mol.